The van der Waals surface area contributed by atoms with Gasteiger partial charge in [0.05, 0.1) is 5.52 Å². The molecule has 1 N–H and O–H groups in total. The van der Waals surface area contributed by atoms with E-state index >= 15 is 0 Å². The van der Waals surface area contributed by atoms with E-state index in [4.69, 9.17) is 5.26 Å². The number of nitriles is 1. The van der Waals surface area contributed by atoms with Gasteiger partial charge in [0.1, 0.15) is 11.8 Å². The van der Waals surface area contributed by atoms with Crippen LogP contribution in [0.4, 0.5) is 0 Å². The number of H-pyrrole nitrogens is 1. The number of fused-ring (bicyclic) bond motifs is 1. The summed E-state index contributed by atoms with van der Waals surface area (Å²) in [6.45, 7) is 0. The average Bonchev–Trinajstić information content (AvgIpc) is 3.10. The van der Waals surface area contributed by atoms with Crippen LogP contribution in [0.1, 0.15) is 5.69 Å². The molecule has 0 saturated carbocycles. The van der Waals surface area contributed by atoms with Crippen LogP contribution in [0.25, 0.3) is 33.3 Å². The Bertz CT molecular complexity index is 1040. The third-order valence-corrected chi connectivity index (χ3v) is 3.75. The van der Waals surface area contributed by atoms with Crippen LogP contribution in [0.3, 0.4) is 0 Å². The van der Waals surface area contributed by atoms with Crippen molar-refractivity contribution in [2.45, 2.75) is 0 Å². The highest BCUT2D eigenvalue weighted by Gasteiger charge is 2.11. The Morgan fingerprint density at radius 2 is 1.78 bits per heavy atom. The molecule has 2 aromatic carbocycles. The highest BCUT2D eigenvalue weighted by Crippen LogP contribution is 2.30. The van der Waals surface area contributed by atoms with Crippen molar-refractivity contribution in [1.29, 1.82) is 5.26 Å². The molecular formula is C18H11N5. The molecule has 0 spiro atoms. The zero-order valence-corrected chi connectivity index (χ0v) is 12.1. The van der Waals surface area contributed by atoms with E-state index in [1.807, 2.05) is 48.5 Å². The Morgan fingerprint density at radius 3 is 2.70 bits per heavy atom. The Kier molecular flexibility index (Phi) is 3.06. The summed E-state index contributed by atoms with van der Waals surface area (Å²) in [4.78, 5) is 4.40. The van der Waals surface area contributed by atoms with Gasteiger partial charge < -0.3 is 0 Å². The van der Waals surface area contributed by atoms with E-state index in [1.165, 1.54) is 0 Å². The van der Waals surface area contributed by atoms with E-state index in [1.54, 1.807) is 6.20 Å². The quantitative estimate of drug-likeness (QED) is 0.613. The molecule has 23 heavy (non-hydrogen) atoms. The first-order valence-corrected chi connectivity index (χ1v) is 7.12. The molecule has 0 aliphatic heterocycles. The Labute approximate surface area is 132 Å². The van der Waals surface area contributed by atoms with Crippen molar-refractivity contribution in [2.24, 2.45) is 0 Å². The number of hydrogen-bond donors (Lipinski definition) is 1. The molecule has 4 rings (SSSR count). The van der Waals surface area contributed by atoms with E-state index in [-0.39, 0.29) is 0 Å². The second kappa shape index (κ2) is 5.35. The van der Waals surface area contributed by atoms with Crippen molar-refractivity contribution >= 4 is 10.9 Å². The summed E-state index contributed by atoms with van der Waals surface area (Å²) in [5, 5.41) is 20.6. The zero-order valence-electron chi connectivity index (χ0n) is 12.1. The van der Waals surface area contributed by atoms with Crippen molar-refractivity contribution in [3.8, 4) is 28.5 Å². The normalized spacial score (nSPS) is 10.6. The molecule has 0 amide bonds. The largest absolute Gasteiger partial charge is 0.256 e. The molecule has 4 aromatic rings. The third-order valence-electron chi connectivity index (χ3n) is 3.75. The fourth-order valence-electron chi connectivity index (χ4n) is 2.70. The third kappa shape index (κ3) is 2.23. The number of aromatic nitrogens is 4. The molecule has 5 nitrogen and oxygen atoms in total. The fourth-order valence-corrected chi connectivity index (χ4v) is 2.70. The van der Waals surface area contributed by atoms with Crippen LogP contribution < -0.4 is 0 Å². The number of pyridine rings is 1. The first-order chi connectivity index (χ1) is 11.4. The second-order valence-electron chi connectivity index (χ2n) is 5.09. The highest BCUT2D eigenvalue weighted by atomic mass is 15.3. The lowest BCUT2D eigenvalue weighted by atomic mass is 9.98. The number of rotatable bonds is 2. The van der Waals surface area contributed by atoms with Crippen LogP contribution in [-0.2, 0) is 0 Å². The fraction of sp³-hybridized carbons (Fsp3) is 0. The Balaban J connectivity index is 1.91. The van der Waals surface area contributed by atoms with Gasteiger partial charge in [-0.1, -0.05) is 36.4 Å². The lowest BCUT2D eigenvalue weighted by molar-refractivity contribution is 0.937. The van der Waals surface area contributed by atoms with Crippen molar-refractivity contribution in [3.63, 3.8) is 0 Å². The van der Waals surface area contributed by atoms with E-state index < -0.39 is 0 Å². The molecule has 108 valence electrons. The van der Waals surface area contributed by atoms with Gasteiger partial charge in [-0.05, 0) is 29.3 Å². The van der Waals surface area contributed by atoms with Crippen LogP contribution in [-0.4, -0.2) is 20.4 Å². The van der Waals surface area contributed by atoms with Gasteiger partial charge >= 0.3 is 0 Å². The molecule has 0 saturated heterocycles. The maximum absolute atomic E-state index is 9.12. The summed E-state index contributed by atoms with van der Waals surface area (Å²) >= 11 is 0. The molecule has 5 heteroatoms. The van der Waals surface area contributed by atoms with Gasteiger partial charge in [0, 0.05) is 17.1 Å². The second-order valence-corrected chi connectivity index (χ2v) is 5.09. The summed E-state index contributed by atoms with van der Waals surface area (Å²) in [6.07, 6.45) is 1.79. The van der Waals surface area contributed by atoms with Gasteiger partial charge in [-0.25, -0.2) is 0 Å². The standard InChI is InChI=1S/C18H11N5/c19-11-17-18(22-23-21-17)13-5-1-4-12(10-13)14-6-2-8-16-15(14)7-3-9-20-16/h1-10H,(H,21,22,23). The molecule has 2 aromatic heterocycles. The van der Waals surface area contributed by atoms with Crippen LogP contribution >= 0.6 is 0 Å². The van der Waals surface area contributed by atoms with Crippen LogP contribution in [0.2, 0.25) is 0 Å². The first-order valence-electron chi connectivity index (χ1n) is 7.12. The summed E-state index contributed by atoms with van der Waals surface area (Å²) in [6, 6.07) is 20.0. The van der Waals surface area contributed by atoms with E-state index in [2.05, 4.69) is 32.5 Å². The Hall–Kier alpha value is -3.52. The molecule has 0 aliphatic rings. The van der Waals surface area contributed by atoms with Crippen molar-refractivity contribution < 1.29 is 0 Å². The summed E-state index contributed by atoms with van der Waals surface area (Å²) in [5.41, 5.74) is 4.81. The molecule has 0 aliphatic carbocycles. The number of nitrogens with zero attached hydrogens (tertiary/aromatic N) is 4. The summed E-state index contributed by atoms with van der Waals surface area (Å²) in [7, 11) is 0. The average molecular weight is 297 g/mol. The van der Waals surface area contributed by atoms with Crippen LogP contribution in [0.15, 0.2) is 60.8 Å². The Morgan fingerprint density at radius 1 is 0.913 bits per heavy atom. The topological polar surface area (TPSA) is 78.2 Å². The highest BCUT2D eigenvalue weighted by molar-refractivity contribution is 5.95. The van der Waals surface area contributed by atoms with Gasteiger partial charge in [-0.3, -0.25) is 4.98 Å². The molecule has 0 radical (unpaired) electrons. The van der Waals surface area contributed by atoms with Crippen molar-refractivity contribution in [3.05, 3.63) is 66.5 Å². The molecule has 0 atom stereocenters. The number of hydrogen-bond acceptors (Lipinski definition) is 4. The summed E-state index contributed by atoms with van der Waals surface area (Å²) < 4.78 is 0. The van der Waals surface area contributed by atoms with Gasteiger partial charge in [-0.2, -0.15) is 15.6 Å². The molecule has 0 fully saturated rings. The van der Waals surface area contributed by atoms with Crippen LogP contribution in [0.5, 0.6) is 0 Å². The first kappa shape index (κ1) is 13.2. The van der Waals surface area contributed by atoms with E-state index in [0.29, 0.717) is 11.4 Å². The van der Waals surface area contributed by atoms with Crippen molar-refractivity contribution in [1.82, 2.24) is 20.4 Å². The van der Waals surface area contributed by atoms with Gasteiger partial charge in [0.25, 0.3) is 0 Å². The minimum absolute atomic E-state index is 0.293. The molecule has 0 bridgehead atoms. The van der Waals surface area contributed by atoms with Gasteiger partial charge in [0.15, 0.2) is 5.69 Å². The molecular weight excluding hydrogens is 286 g/mol. The van der Waals surface area contributed by atoms with Crippen molar-refractivity contribution in [2.75, 3.05) is 0 Å². The number of aromatic amines is 1. The minimum Gasteiger partial charge on any atom is -0.256 e. The van der Waals surface area contributed by atoms with E-state index in [0.717, 1.165) is 27.6 Å². The molecule has 0 unspecified atom stereocenters. The maximum Gasteiger partial charge on any atom is 0.190 e. The number of nitrogens with one attached hydrogen (secondary N) is 1. The smallest absolute Gasteiger partial charge is 0.190 e. The minimum atomic E-state index is 0.293. The maximum atomic E-state index is 9.12. The molecule has 2 heterocycles. The SMILES string of the molecule is N#Cc1n[nH]nc1-c1cccc(-c2cccc3ncccc23)c1. The number of benzene rings is 2. The lowest BCUT2D eigenvalue weighted by Gasteiger charge is -2.07. The monoisotopic (exact) mass is 297 g/mol. The predicted octanol–water partition coefficient (Wildman–Crippen LogP) is 3.56. The van der Waals surface area contributed by atoms with Gasteiger partial charge in [0.2, 0.25) is 0 Å². The van der Waals surface area contributed by atoms with Gasteiger partial charge in [-0.15, -0.1) is 5.10 Å². The lowest BCUT2D eigenvalue weighted by Crippen LogP contribution is -1.86. The zero-order chi connectivity index (χ0) is 15.6. The van der Waals surface area contributed by atoms with E-state index in [9.17, 15) is 0 Å². The predicted molar refractivity (Wildman–Crippen MR) is 87.3 cm³/mol. The van der Waals surface area contributed by atoms with Crippen LogP contribution in [0, 0.1) is 11.3 Å². The summed E-state index contributed by atoms with van der Waals surface area (Å²) in [5.74, 6) is 0.